The third-order valence-electron chi connectivity index (χ3n) is 5.78. The average Bonchev–Trinajstić information content (AvgIpc) is 2.83. The van der Waals surface area contributed by atoms with E-state index in [1.807, 2.05) is 17.0 Å². The van der Waals surface area contributed by atoms with Crippen LogP contribution in [0.4, 0.5) is 4.39 Å². The van der Waals surface area contributed by atoms with Crippen molar-refractivity contribution < 1.29 is 23.5 Å². The lowest BCUT2D eigenvalue weighted by Gasteiger charge is -2.32. The van der Waals surface area contributed by atoms with Gasteiger partial charge in [-0.2, -0.15) is 0 Å². The number of hydrogen-bond donors (Lipinski definition) is 0. The molecule has 0 saturated carbocycles. The second-order valence-corrected chi connectivity index (χ2v) is 8.01. The fourth-order valence-corrected chi connectivity index (χ4v) is 4.02. The molecule has 0 aromatic heterocycles. The molecule has 2 heterocycles. The number of morpholine rings is 1. The Morgan fingerprint density at radius 2 is 1.52 bits per heavy atom. The van der Waals surface area contributed by atoms with Crippen molar-refractivity contribution >= 4 is 11.8 Å². The molecule has 2 saturated heterocycles. The summed E-state index contributed by atoms with van der Waals surface area (Å²) < 4.78 is 24.3. The Morgan fingerprint density at radius 3 is 2.19 bits per heavy atom. The molecule has 2 amide bonds. The van der Waals surface area contributed by atoms with Gasteiger partial charge >= 0.3 is 0 Å². The molecule has 1 atom stereocenters. The van der Waals surface area contributed by atoms with Gasteiger partial charge in [0.05, 0.1) is 19.8 Å². The minimum absolute atomic E-state index is 0.0112. The SMILES string of the molecule is O=C(c1ccc(OCC2CCCN(C(=O)c3ccc(F)cc3)C2)cc1)N1CCOCC1. The Balaban J connectivity index is 1.29. The Labute approximate surface area is 181 Å². The maximum atomic E-state index is 13.1. The van der Waals surface area contributed by atoms with Crippen LogP contribution in [-0.2, 0) is 4.74 Å². The summed E-state index contributed by atoms with van der Waals surface area (Å²) in [4.78, 5) is 28.8. The van der Waals surface area contributed by atoms with E-state index in [2.05, 4.69) is 0 Å². The summed E-state index contributed by atoms with van der Waals surface area (Å²) in [6.07, 6.45) is 1.90. The second-order valence-electron chi connectivity index (χ2n) is 8.01. The van der Waals surface area contributed by atoms with Crippen LogP contribution in [0.5, 0.6) is 5.75 Å². The van der Waals surface area contributed by atoms with Crippen molar-refractivity contribution in [3.8, 4) is 5.75 Å². The molecular weight excluding hydrogens is 399 g/mol. The third-order valence-corrected chi connectivity index (χ3v) is 5.78. The predicted molar refractivity (Wildman–Crippen MR) is 114 cm³/mol. The van der Waals surface area contributed by atoms with Crippen LogP contribution in [0.2, 0.25) is 0 Å². The highest BCUT2D eigenvalue weighted by atomic mass is 19.1. The standard InChI is InChI=1S/C24H27FN2O4/c25-21-7-3-19(4-8-21)24(29)27-11-1-2-18(16-27)17-31-22-9-5-20(6-10-22)23(28)26-12-14-30-15-13-26/h3-10,18H,1-2,11-17H2. The molecule has 4 rings (SSSR count). The molecule has 0 N–H and O–H groups in total. The number of benzene rings is 2. The van der Waals surface area contributed by atoms with Crippen molar-refractivity contribution in [3.05, 3.63) is 65.5 Å². The van der Waals surface area contributed by atoms with E-state index in [1.54, 1.807) is 17.0 Å². The van der Waals surface area contributed by atoms with Crippen LogP contribution in [-0.4, -0.2) is 67.6 Å². The normalized spacial score (nSPS) is 19.2. The molecule has 0 spiro atoms. The number of likely N-dealkylation sites (tertiary alicyclic amines) is 1. The first-order chi connectivity index (χ1) is 15.1. The lowest BCUT2D eigenvalue weighted by molar-refractivity contribution is 0.0303. The van der Waals surface area contributed by atoms with Crippen molar-refractivity contribution in [2.75, 3.05) is 46.0 Å². The van der Waals surface area contributed by atoms with Crippen LogP contribution in [0.1, 0.15) is 33.6 Å². The molecule has 2 aliphatic heterocycles. The van der Waals surface area contributed by atoms with E-state index in [0.29, 0.717) is 62.9 Å². The molecule has 2 aliphatic rings. The van der Waals surface area contributed by atoms with Crippen LogP contribution in [0, 0.1) is 11.7 Å². The molecule has 0 radical (unpaired) electrons. The van der Waals surface area contributed by atoms with Gasteiger partial charge in [0.1, 0.15) is 11.6 Å². The minimum atomic E-state index is -0.348. The van der Waals surface area contributed by atoms with Crippen LogP contribution in [0.15, 0.2) is 48.5 Å². The van der Waals surface area contributed by atoms with Crippen molar-refractivity contribution in [2.45, 2.75) is 12.8 Å². The van der Waals surface area contributed by atoms with Gasteiger partial charge in [0, 0.05) is 43.2 Å². The van der Waals surface area contributed by atoms with Gasteiger partial charge in [-0.05, 0) is 61.4 Å². The average molecular weight is 426 g/mol. The Bertz CT molecular complexity index is 895. The Morgan fingerprint density at radius 1 is 0.903 bits per heavy atom. The zero-order valence-electron chi connectivity index (χ0n) is 17.5. The zero-order chi connectivity index (χ0) is 21.6. The van der Waals surface area contributed by atoms with E-state index in [1.165, 1.54) is 24.3 Å². The first-order valence-electron chi connectivity index (χ1n) is 10.7. The quantitative estimate of drug-likeness (QED) is 0.737. The lowest BCUT2D eigenvalue weighted by Crippen LogP contribution is -2.41. The largest absolute Gasteiger partial charge is 0.493 e. The molecule has 2 aromatic carbocycles. The summed E-state index contributed by atoms with van der Waals surface area (Å²) in [5.74, 6) is 0.528. The van der Waals surface area contributed by atoms with Gasteiger partial charge in [0.2, 0.25) is 0 Å². The van der Waals surface area contributed by atoms with Gasteiger partial charge < -0.3 is 19.3 Å². The van der Waals surface area contributed by atoms with Gasteiger partial charge in [-0.1, -0.05) is 0 Å². The molecule has 6 nitrogen and oxygen atoms in total. The topological polar surface area (TPSA) is 59.1 Å². The van der Waals surface area contributed by atoms with E-state index < -0.39 is 0 Å². The molecular formula is C24H27FN2O4. The summed E-state index contributed by atoms with van der Waals surface area (Å²) in [6.45, 7) is 4.21. The van der Waals surface area contributed by atoms with E-state index in [9.17, 15) is 14.0 Å². The molecule has 164 valence electrons. The smallest absolute Gasteiger partial charge is 0.254 e. The highest BCUT2D eigenvalue weighted by molar-refractivity contribution is 5.94. The molecule has 1 unspecified atom stereocenters. The van der Waals surface area contributed by atoms with Crippen molar-refractivity contribution in [1.82, 2.24) is 9.80 Å². The van der Waals surface area contributed by atoms with E-state index >= 15 is 0 Å². The Hall–Kier alpha value is -2.93. The van der Waals surface area contributed by atoms with Gasteiger partial charge in [-0.15, -0.1) is 0 Å². The van der Waals surface area contributed by atoms with Gasteiger partial charge in [-0.3, -0.25) is 9.59 Å². The predicted octanol–water partition coefficient (Wildman–Crippen LogP) is 3.23. The van der Waals surface area contributed by atoms with Crippen molar-refractivity contribution in [3.63, 3.8) is 0 Å². The number of hydrogen-bond acceptors (Lipinski definition) is 4. The highest BCUT2D eigenvalue weighted by Gasteiger charge is 2.25. The van der Waals surface area contributed by atoms with Crippen molar-refractivity contribution in [1.29, 1.82) is 0 Å². The number of nitrogens with zero attached hydrogens (tertiary/aromatic N) is 2. The fraction of sp³-hybridized carbons (Fsp3) is 0.417. The second kappa shape index (κ2) is 9.92. The number of halogens is 1. The minimum Gasteiger partial charge on any atom is -0.493 e. The number of carbonyl (C=O) groups excluding carboxylic acids is 2. The van der Waals surface area contributed by atoms with Gasteiger partial charge in [0.15, 0.2) is 0 Å². The van der Waals surface area contributed by atoms with Crippen molar-refractivity contribution in [2.24, 2.45) is 5.92 Å². The highest BCUT2D eigenvalue weighted by Crippen LogP contribution is 2.21. The number of carbonyl (C=O) groups is 2. The summed E-state index contributed by atoms with van der Waals surface area (Å²) in [5, 5.41) is 0. The molecule has 2 fully saturated rings. The van der Waals surface area contributed by atoms with Crippen LogP contribution >= 0.6 is 0 Å². The van der Waals surface area contributed by atoms with Gasteiger partial charge in [0.25, 0.3) is 11.8 Å². The molecule has 2 aromatic rings. The maximum Gasteiger partial charge on any atom is 0.254 e. The molecule has 7 heteroatoms. The van der Waals surface area contributed by atoms with E-state index in [4.69, 9.17) is 9.47 Å². The van der Waals surface area contributed by atoms with Crippen LogP contribution in [0.25, 0.3) is 0 Å². The first kappa shape index (κ1) is 21.3. The summed E-state index contributed by atoms with van der Waals surface area (Å²) in [7, 11) is 0. The summed E-state index contributed by atoms with van der Waals surface area (Å²) in [6, 6.07) is 12.9. The van der Waals surface area contributed by atoms with Crippen LogP contribution in [0.3, 0.4) is 0 Å². The number of piperidine rings is 1. The number of amides is 2. The van der Waals surface area contributed by atoms with E-state index in [0.717, 1.165) is 12.8 Å². The summed E-state index contributed by atoms with van der Waals surface area (Å²) >= 11 is 0. The number of ether oxygens (including phenoxy) is 2. The maximum absolute atomic E-state index is 13.1. The Kier molecular flexibility index (Phi) is 6.82. The first-order valence-corrected chi connectivity index (χ1v) is 10.7. The molecule has 31 heavy (non-hydrogen) atoms. The van der Waals surface area contributed by atoms with E-state index in [-0.39, 0.29) is 23.5 Å². The molecule has 0 bridgehead atoms. The van der Waals surface area contributed by atoms with Gasteiger partial charge in [-0.25, -0.2) is 4.39 Å². The fourth-order valence-electron chi connectivity index (χ4n) is 4.02. The number of rotatable bonds is 5. The molecule has 0 aliphatic carbocycles. The third kappa shape index (κ3) is 5.41. The monoisotopic (exact) mass is 426 g/mol. The summed E-state index contributed by atoms with van der Waals surface area (Å²) in [5.41, 5.74) is 1.14. The van der Waals surface area contributed by atoms with Crippen LogP contribution < -0.4 is 4.74 Å². The lowest BCUT2D eigenvalue weighted by atomic mass is 9.98. The zero-order valence-corrected chi connectivity index (χ0v) is 17.5.